The molecule has 0 spiro atoms. The molecular formula is C13H14FN3O2. The van der Waals surface area contributed by atoms with E-state index in [0.717, 1.165) is 18.7 Å². The van der Waals surface area contributed by atoms with Crippen molar-refractivity contribution in [3.05, 3.63) is 36.0 Å². The monoisotopic (exact) mass is 263 g/mol. The molecule has 1 aromatic heterocycles. The number of aromatic nitrogens is 2. The maximum absolute atomic E-state index is 12.8. The smallest absolute Gasteiger partial charge is 0.241 e. The van der Waals surface area contributed by atoms with Gasteiger partial charge < -0.3 is 9.63 Å². The summed E-state index contributed by atoms with van der Waals surface area (Å²) in [6.45, 7) is 2.52. The molecule has 0 radical (unpaired) electrons. The Hall–Kier alpha value is -1.79. The molecule has 5 nitrogen and oxygen atoms in total. The number of rotatable bonds is 4. The van der Waals surface area contributed by atoms with Crippen molar-refractivity contribution in [1.29, 1.82) is 0 Å². The lowest BCUT2D eigenvalue weighted by atomic mass is 10.0. The van der Waals surface area contributed by atoms with E-state index in [9.17, 15) is 4.39 Å². The molecule has 0 saturated carbocycles. The molecule has 6 heteroatoms. The zero-order valence-electron chi connectivity index (χ0n) is 10.3. The summed E-state index contributed by atoms with van der Waals surface area (Å²) in [6, 6.07) is 5.98. The van der Waals surface area contributed by atoms with E-state index in [2.05, 4.69) is 15.0 Å². The summed E-state index contributed by atoms with van der Waals surface area (Å²) in [6.07, 6.45) is 0. The van der Waals surface area contributed by atoms with Crippen LogP contribution >= 0.6 is 0 Å². The minimum atomic E-state index is -0.289. The van der Waals surface area contributed by atoms with Crippen LogP contribution in [0.25, 0.3) is 11.4 Å². The van der Waals surface area contributed by atoms with Gasteiger partial charge in [-0.1, -0.05) is 5.16 Å². The molecule has 0 unspecified atom stereocenters. The van der Waals surface area contributed by atoms with Crippen molar-refractivity contribution in [2.75, 3.05) is 19.7 Å². The Bertz CT molecular complexity index is 549. The van der Waals surface area contributed by atoms with E-state index in [0.29, 0.717) is 24.2 Å². The van der Waals surface area contributed by atoms with Gasteiger partial charge in [-0.15, -0.1) is 0 Å². The minimum Gasteiger partial charge on any atom is -0.396 e. The fourth-order valence-electron chi connectivity index (χ4n) is 2.15. The maximum atomic E-state index is 12.8. The highest BCUT2D eigenvalue weighted by molar-refractivity contribution is 5.53. The first-order valence-corrected chi connectivity index (χ1v) is 6.16. The van der Waals surface area contributed by atoms with Crippen molar-refractivity contribution >= 4 is 0 Å². The van der Waals surface area contributed by atoms with E-state index in [1.807, 2.05) is 0 Å². The quantitative estimate of drug-likeness (QED) is 0.900. The number of halogens is 1. The van der Waals surface area contributed by atoms with E-state index in [1.54, 1.807) is 12.1 Å². The van der Waals surface area contributed by atoms with Crippen LogP contribution < -0.4 is 0 Å². The number of nitrogens with zero attached hydrogens (tertiary/aromatic N) is 3. The summed E-state index contributed by atoms with van der Waals surface area (Å²) in [4.78, 5) is 6.41. The molecule has 1 aliphatic rings. The van der Waals surface area contributed by atoms with Crippen LogP contribution in [0.4, 0.5) is 4.39 Å². The summed E-state index contributed by atoms with van der Waals surface area (Å²) in [7, 11) is 0. The molecule has 1 aliphatic heterocycles. The first-order valence-electron chi connectivity index (χ1n) is 6.16. The molecule has 19 heavy (non-hydrogen) atoms. The second-order valence-electron chi connectivity index (χ2n) is 4.76. The fraction of sp³-hybridized carbons (Fsp3) is 0.385. The van der Waals surface area contributed by atoms with Crippen LogP contribution in [0.5, 0.6) is 0 Å². The summed E-state index contributed by atoms with van der Waals surface area (Å²) in [5, 5.41) is 12.8. The maximum Gasteiger partial charge on any atom is 0.241 e. The lowest BCUT2D eigenvalue weighted by Crippen LogP contribution is -2.47. The van der Waals surface area contributed by atoms with E-state index in [4.69, 9.17) is 9.63 Å². The second-order valence-corrected chi connectivity index (χ2v) is 4.76. The molecular weight excluding hydrogens is 249 g/mol. The zero-order chi connectivity index (χ0) is 13.2. The highest BCUT2D eigenvalue weighted by Gasteiger charge is 2.27. The fourth-order valence-corrected chi connectivity index (χ4v) is 2.15. The topological polar surface area (TPSA) is 62.4 Å². The molecule has 1 saturated heterocycles. The van der Waals surface area contributed by atoms with Gasteiger partial charge in [0.25, 0.3) is 0 Å². The molecule has 3 rings (SSSR count). The predicted molar refractivity (Wildman–Crippen MR) is 65.5 cm³/mol. The molecule has 0 bridgehead atoms. The van der Waals surface area contributed by atoms with E-state index in [1.165, 1.54) is 12.1 Å². The van der Waals surface area contributed by atoms with Crippen molar-refractivity contribution in [3.63, 3.8) is 0 Å². The van der Waals surface area contributed by atoms with Gasteiger partial charge in [0.05, 0.1) is 6.54 Å². The van der Waals surface area contributed by atoms with Gasteiger partial charge >= 0.3 is 0 Å². The summed E-state index contributed by atoms with van der Waals surface area (Å²) in [5.74, 6) is 1.08. The largest absolute Gasteiger partial charge is 0.396 e. The van der Waals surface area contributed by atoms with Crippen molar-refractivity contribution in [1.82, 2.24) is 15.0 Å². The number of likely N-dealkylation sites (tertiary alicyclic amines) is 1. The molecule has 0 aliphatic carbocycles. The second kappa shape index (κ2) is 5.07. The minimum absolute atomic E-state index is 0.223. The third-order valence-corrected chi connectivity index (χ3v) is 3.22. The molecule has 2 aromatic rings. The van der Waals surface area contributed by atoms with Gasteiger partial charge in [0.1, 0.15) is 5.82 Å². The standard InChI is InChI=1S/C13H14FN3O2/c14-11-3-1-10(2-4-11)13-15-12(19-16-13)7-17-5-9(6-17)8-18/h1-4,9,18H,5-8H2. The van der Waals surface area contributed by atoms with Crippen LogP contribution in [0, 0.1) is 11.7 Å². The van der Waals surface area contributed by atoms with Gasteiger partial charge in [0, 0.05) is 31.2 Å². The summed E-state index contributed by atoms with van der Waals surface area (Å²) in [5.41, 5.74) is 0.730. The number of aliphatic hydroxyl groups excluding tert-OH is 1. The third-order valence-electron chi connectivity index (χ3n) is 3.22. The Morgan fingerprint density at radius 1 is 1.32 bits per heavy atom. The first-order chi connectivity index (χ1) is 9.24. The lowest BCUT2D eigenvalue weighted by Gasteiger charge is -2.36. The number of hydrogen-bond donors (Lipinski definition) is 1. The van der Waals surface area contributed by atoms with Crippen molar-refractivity contribution in [3.8, 4) is 11.4 Å². The van der Waals surface area contributed by atoms with Crippen molar-refractivity contribution in [2.45, 2.75) is 6.54 Å². The Morgan fingerprint density at radius 2 is 2.05 bits per heavy atom. The Balaban J connectivity index is 1.65. The van der Waals surface area contributed by atoms with E-state index < -0.39 is 0 Å². The van der Waals surface area contributed by atoms with Crippen molar-refractivity contribution in [2.24, 2.45) is 5.92 Å². The Labute approximate surface area is 109 Å². The molecule has 1 N–H and O–H groups in total. The lowest BCUT2D eigenvalue weighted by molar-refractivity contribution is 0.0402. The van der Waals surface area contributed by atoms with E-state index in [-0.39, 0.29) is 12.4 Å². The number of hydrogen-bond acceptors (Lipinski definition) is 5. The predicted octanol–water partition coefficient (Wildman–Crippen LogP) is 1.30. The SMILES string of the molecule is OCC1CN(Cc2nc(-c3ccc(F)cc3)no2)C1. The molecule has 100 valence electrons. The summed E-state index contributed by atoms with van der Waals surface area (Å²) >= 11 is 0. The molecule has 0 atom stereocenters. The normalized spacial score (nSPS) is 16.5. The van der Waals surface area contributed by atoms with Crippen LogP contribution in [0.3, 0.4) is 0 Å². The van der Waals surface area contributed by atoms with Gasteiger partial charge in [-0.25, -0.2) is 4.39 Å². The Morgan fingerprint density at radius 3 is 2.74 bits per heavy atom. The van der Waals surface area contributed by atoms with Crippen molar-refractivity contribution < 1.29 is 14.0 Å². The van der Waals surface area contributed by atoms with Crippen LogP contribution in [-0.4, -0.2) is 39.8 Å². The van der Waals surface area contributed by atoms with Gasteiger partial charge in [-0.2, -0.15) is 4.98 Å². The molecule has 2 heterocycles. The number of benzene rings is 1. The van der Waals surface area contributed by atoms with Crippen LogP contribution in [-0.2, 0) is 6.54 Å². The Kier molecular flexibility index (Phi) is 3.27. The van der Waals surface area contributed by atoms with Crippen LogP contribution in [0.2, 0.25) is 0 Å². The average molecular weight is 263 g/mol. The molecule has 0 amide bonds. The van der Waals surface area contributed by atoms with Crippen LogP contribution in [0.1, 0.15) is 5.89 Å². The highest BCUT2D eigenvalue weighted by atomic mass is 19.1. The average Bonchev–Trinajstić information content (AvgIpc) is 2.82. The van der Waals surface area contributed by atoms with Crippen LogP contribution in [0.15, 0.2) is 28.8 Å². The zero-order valence-corrected chi connectivity index (χ0v) is 10.3. The van der Waals surface area contributed by atoms with Gasteiger partial charge in [-0.05, 0) is 24.3 Å². The molecule has 1 fully saturated rings. The van der Waals surface area contributed by atoms with E-state index >= 15 is 0 Å². The van der Waals surface area contributed by atoms with Gasteiger partial charge in [0.15, 0.2) is 0 Å². The number of aliphatic hydroxyl groups is 1. The van der Waals surface area contributed by atoms with Gasteiger partial charge in [-0.3, -0.25) is 4.90 Å². The summed E-state index contributed by atoms with van der Waals surface area (Å²) < 4.78 is 18.0. The highest BCUT2D eigenvalue weighted by Crippen LogP contribution is 2.20. The third kappa shape index (κ3) is 2.64. The first kappa shape index (κ1) is 12.3. The molecule has 1 aromatic carbocycles. The van der Waals surface area contributed by atoms with Gasteiger partial charge in [0.2, 0.25) is 11.7 Å².